The van der Waals surface area contributed by atoms with E-state index in [-0.39, 0.29) is 18.0 Å². The van der Waals surface area contributed by atoms with Crippen molar-refractivity contribution in [3.63, 3.8) is 0 Å². The number of alkyl halides is 3. The Hall–Kier alpha value is -3.26. The summed E-state index contributed by atoms with van der Waals surface area (Å²) < 4.78 is 64.3. The van der Waals surface area contributed by atoms with Crippen LogP contribution in [0.25, 0.3) is 0 Å². The number of amides is 1. The zero-order valence-corrected chi connectivity index (χ0v) is 20.4. The van der Waals surface area contributed by atoms with Gasteiger partial charge in [0.05, 0.1) is 29.1 Å². The first kappa shape index (κ1) is 26.3. The maximum absolute atomic E-state index is 13.3. The molecule has 1 fully saturated rings. The molecular weight excluding hydrogens is 481 g/mol. The highest BCUT2D eigenvalue weighted by molar-refractivity contribution is 7.92. The fraction of sp³-hybridized carbons (Fsp3) is 0.417. The number of nitriles is 1. The van der Waals surface area contributed by atoms with Gasteiger partial charge in [-0.3, -0.25) is 9.10 Å². The first-order valence-corrected chi connectivity index (χ1v) is 12.8. The third-order valence-electron chi connectivity index (χ3n) is 6.41. The highest BCUT2D eigenvalue weighted by Crippen LogP contribution is 2.35. The lowest BCUT2D eigenvalue weighted by atomic mass is 9.89. The maximum Gasteiger partial charge on any atom is 0.417 e. The number of carbonyl (C=O) groups is 1. The van der Waals surface area contributed by atoms with E-state index in [0.717, 1.165) is 16.6 Å². The molecule has 11 heteroatoms. The number of nitrogens with one attached hydrogen (secondary N) is 1. The molecule has 0 bridgehead atoms. The number of rotatable bonds is 6. The number of hydrogen-bond acceptors (Lipinski definition) is 5. The average molecular weight is 509 g/mol. The zero-order chi connectivity index (χ0) is 26.0. The summed E-state index contributed by atoms with van der Waals surface area (Å²) in [6.45, 7) is 0. The van der Waals surface area contributed by atoms with Crippen LogP contribution in [0.15, 0.2) is 42.5 Å². The van der Waals surface area contributed by atoms with Crippen LogP contribution in [0.5, 0.6) is 0 Å². The van der Waals surface area contributed by atoms with Gasteiger partial charge in [-0.1, -0.05) is 0 Å². The molecule has 35 heavy (non-hydrogen) atoms. The van der Waals surface area contributed by atoms with Gasteiger partial charge in [0.1, 0.15) is 0 Å². The van der Waals surface area contributed by atoms with E-state index in [9.17, 15) is 26.4 Å². The van der Waals surface area contributed by atoms with Crippen molar-refractivity contribution in [3.05, 3.63) is 59.2 Å². The van der Waals surface area contributed by atoms with Crippen LogP contribution in [0.4, 0.5) is 24.5 Å². The molecule has 2 aromatic rings. The van der Waals surface area contributed by atoms with Crippen LogP contribution in [-0.2, 0) is 16.2 Å². The summed E-state index contributed by atoms with van der Waals surface area (Å²) in [4.78, 5) is 14.4. The van der Waals surface area contributed by atoms with E-state index in [1.54, 1.807) is 42.3 Å². The number of sulfonamides is 1. The molecule has 2 aromatic carbocycles. The van der Waals surface area contributed by atoms with Crippen molar-refractivity contribution in [2.45, 2.75) is 43.9 Å². The molecule has 0 spiro atoms. The minimum Gasteiger partial charge on any atom is -0.372 e. The molecule has 0 atom stereocenters. The minimum atomic E-state index is -4.61. The Morgan fingerprint density at radius 3 is 2.11 bits per heavy atom. The number of carbonyl (C=O) groups excluding carboxylic acids is 1. The number of halogens is 3. The second kappa shape index (κ2) is 10.2. The van der Waals surface area contributed by atoms with Gasteiger partial charge in [0.15, 0.2) is 0 Å². The predicted octanol–water partition coefficient (Wildman–Crippen LogP) is 4.15. The molecule has 0 radical (unpaired) electrons. The van der Waals surface area contributed by atoms with Gasteiger partial charge in [-0.2, -0.15) is 18.4 Å². The average Bonchev–Trinajstić information content (AvgIpc) is 2.82. The Labute approximate surface area is 203 Å². The molecule has 1 saturated carbocycles. The fourth-order valence-electron chi connectivity index (χ4n) is 4.18. The van der Waals surface area contributed by atoms with Crippen molar-refractivity contribution in [1.82, 2.24) is 5.32 Å². The van der Waals surface area contributed by atoms with Crippen molar-refractivity contribution in [2.24, 2.45) is 0 Å². The van der Waals surface area contributed by atoms with Crippen molar-refractivity contribution < 1.29 is 26.4 Å². The van der Waals surface area contributed by atoms with Gasteiger partial charge in [0.25, 0.3) is 5.91 Å². The summed E-state index contributed by atoms with van der Waals surface area (Å²) >= 11 is 0. The number of benzene rings is 2. The first-order valence-electron chi connectivity index (χ1n) is 11.0. The summed E-state index contributed by atoms with van der Waals surface area (Å²) in [5.41, 5.74) is -0.102. The van der Waals surface area contributed by atoms with Crippen LogP contribution in [0.1, 0.15) is 47.2 Å². The SMILES string of the molecule is CN(c1ccc(C(=O)N[C@H]2CC[C@@H](N(C)c3ccc(C#N)c(C(F)(F)F)c3)CC2)cc1)S(C)(=O)=O. The van der Waals surface area contributed by atoms with Crippen molar-refractivity contribution in [2.75, 3.05) is 29.6 Å². The highest BCUT2D eigenvalue weighted by Gasteiger charge is 2.35. The predicted molar refractivity (Wildman–Crippen MR) is 128 cm³/mol. The Morgan fingerprint density at radius 1 is 1.03 bits per heavy atom. The van der Waals surface area contributed by atoms with E-state index < -0.39 is 27.3 Å². The van der Waals surface area contributed by atoms with Gasteiger partial charge < -0.3 is 10.2 Å². The first-order chi connectivity index (χ1) is 16.3. The van der Waals surface area contributed by atoms with Crippen LogP contribution in [0, 0.1) is 11.3 Å². The van der Waals surface area contributed by atoms with Gasteiger partial charge in [0, 0.05) is 37.4 Å². The molecule has 1 aliphatic rings. The van der Waals surface area contributed by atoms with Crippen molar-refractivity contribution in [3.8, 4) is 6.07 Å². The third kappa shape index (κ3) is 6.25. The van der Waals surface area contributed by atoms with E-state index in [4.69, 9.17) is 5.26 Å². The van der Waals surface area contributed by atoms with E-state index >= 15 is 0 Å². The monoisotopic (exact) mass is 508 g/mol. The van der Waals surface area contributed by atoms with Gasteiger partial charge >= 0.3 is 6.18 Å². The van der Waals surface area contributed by atoms with Crippen LogP contribution in [0.3, 0.4) is 0 Å². The van der Waals surface area contributed by atoms with Crippen LogP contribution in [-0.4, -0.2) is 46.8 Å². The molecule has 1 N–H and O–H groups in total. The summed E-state index contributed by atoms with van der Waals surface area (Å²) in [6, 6.07) is 11.5. The zero-order valence-electron chi connectivity index (χ0n) is 19.6. The summed E-state index contributed by atoms with van der Waals surface area (Å²) in [6.07, 6.45) is -0.821. The lowest BCUT2D eigenvalue weighted by Gasteiger charge is -2.36. The second-order valence-corrected chi connectivity index (χ2v) is 10.7. The molecule has 188 valence electrons. The molecule has 3 rings (SSSR count). The number of anilines is 2. The molecule has 0 saturated heterocycles. The van der Waals surface area contributed by atoms with Crippen LogP contribution < -0.4 is 14.5 Å². The largest absolute Gasteiger partial charge is 0.417 e. The second-order valence-electron chi connectivity index (χ2n) is 8.71. The normalized spacial score (nSPS) is 18.4. The molecule has 0 aliphatic heterocycles. The molecule has 1 aliphatic carbocycles. The molecule has 7 nitrogen and oxygen atoms in total. The summed E-state index contributed by atoms with van der Waals surface area (Å²) in [7, 11) is -0.230. The highest BCUT2D eigenvalue weighted by atomic mass is 32.2. The van der Waals surface area contributed by atoms with Gasteiger partial charge in [-0.15, -0.1) is 0 Å². The molecule has 0 heterocycles. The molecular formula is C24H27F3N4O3S. The van der Waals surface area contributed by atoms with E-state index in [1.165, 1.54) is 19.2 Å². The van der Waals surface area contributed by atoms with Crippen LogP contribution >= 0.6 is 0 Å². The van der Waals surface area contributed by atoms with Gasteiger partial charge in [-0.05, 0) is 68.1 Å². The topological polar surface area (TPSA) is 93.5 Å². The van der Waals surface area contributed by atoms with Crippen molar-refractivity contribution >= 4 is 27.3 Å². The van der Waals surface area contributed by atoms with Crippen molar-refractivity contribution in [1.29, 1.82) is 5.26 Å². The summed E-state index contributed by atoms with van der Waals surface area (Å²) in [5.74, 6) is -0.266. The van der Waals surface area contributed by atoms with E-state index in [1.807, 2.05) is 0 Å². The minimum absolute atomic E-state index is 0.00276. The van der Waals surface area contributed by atoms with Gasteiger partial charge in [-0.25, -0.2) is 8.42 Å². The Morgan fingerprint density at radius 2 is 1.60 bits per heavy atom. The Balaban J connectivity index is 1.59. The number of nitrogens with zero attached hydrogens (tertiary/aromatic N) is 3. The number of hydrogen-bond donors (Lipinski definition) is 1. The summed E-state index contributed by atoms with van der Waals surface area (Å²) in [5, 5.41) is 12.0. The van der Waals surface area contributed by atoms with E-state index in [0.29, 0.717) is 42.6 Å². The molecule has 0 aromatic heterocycles. The smallest absolute Gasteiger partial charge is 0.372 e. The van der Waals surface area contributed by atoms with Crippen LogP contribution in [0.2, 0.25) is 0 Å². The molecule has 0 unspecified atom stereocenters. The molecule has 1 amide bonds. The maximum atomic E-state index is 13.3. The van der Waals surface area contributed by atoms with E-state index in [2.05, 4.69) is 5.32 Å². The quantitative estimate of drug-likeness (QED) is 0.633. The standard InChI is InChI=1S/C24H27F3N4O3S/c1-30(21-11-6-17(15-28)22(14-21)24(25,26)27)19-12-7-18(8-13-19)29-23(32)16-4-9-20(10-5-16)31(2)35(3,33)34/h4-6,9-11,14,18-19H,7-8,12-13H2,1-3H3,(H,29,32)/t18-,19+. The lowest BCUT2D eigenvalue weighted by Crippen LogP contribution is -2.43. The fourth-order valence-corrected chi connectivity index (χ4v) is 4.69. The van der Waals surface area contributed by atoms with Gasteiger partial charge in [0.2, 0.25) is 10.0 Å². The third-order valence-corrected chi connectivity index (χ3v) is 7.61. The Bertz CT molecular complexity index is 1220. The Kier molecular flexibility index (Phi) is 7.65. The lowest BCUT2D eigenvalue weighted by molar-refractivity contribution is -0.137.